The molecule has 0 aromatic heterocycles. The van der Waals surface area contributed by atoms with E-state index in [0.29, 0.717) is 0 Å². The van der Waals surface area contributed by atoms with Crippen molar-refractivity contribution in [3.05, 3.63) is 72.7 Å². The molecule has 0 saturated carbocycles. The van der Waals surface area contributed by atoms with E-state index >= 15 is 0 Å². The molecule has 2 aromatic rings. The molecule has 0 radical (unpaired) electrons. The predicted molar refractivity (Wildman–Crippen MR) is 108 cm³/mol. The Morgan fingerprint density at radius 1 is 1.00 bits per heavy atom. The molecule has 7 nitrogen and oxygen atoms in total. The number of benzene rings is 2. The lowest BCUT2D eigenvalue weighted by molar-refractivity contribution is -0.385. The van der Waals surface area contributed by atoms with Crippen LogP contribution in [0.4, 0.5) is 5.69 Å². The van der Waals surface area contributed by atoms with Crippen molar-refractivity contribution < 1.29 is 14.5 Å². The van der Waals surface area contributed by atoms with Crippen LogP contribution in [0.2, 0.25) is 15.1 Å². The van der Waals surface area contributed by atoms with Crippen LogP contribution in [0, 0.1) is 10.1 Å². The van der Waals surface area contributed by atoms with Gasteiger partial charge in [0.15, 0.2) is 0 Å². The lowest BCUT2D eigenvalue weighted by Crippen LogP contribution is -2.56. The van der Waals surface area contributed by atoms with E-state index in [4.69, 9.17) is 34.8 Å². The predicted octanol–water partition coefficient (Wildman–Crippen LogP) is 5.14. The largest absolute Gasteiger partial charge is 0.282 e. The van der Waals surface area contributed by atoms with Gasteiger partial charge in [0.2, 0.25) is 0 Å². The average molecular weight is 445 g/mol. The lowest BCUT2D eigenvalue weighted by Gasteiger charge is -2.35. The second-order valence-corrected chi connectivity index (χ2v) is 7.91. The van der Waals surface area contributed by atoms with Gasteiger partial charge in [-0.3, -0.25) is 25.1 Å². The number of hydrogen-bond acceptors (Lipinski definition) is 4. The Morgan fingerprint density at radius 3 is 2.18 bits per heavy atom. The van der Waals surface area contributed by atoms with E-state index in [-0.39, 0.29) is 31.9 Å². The molecule has 0 aliphatic carbocycles. The smallest absolute Gasteiger partial charge is 0.267 e. The van der Waals surface area contributed by atoms with E-state index in [1.165, 1.54) is 36.4 Å². The third kappa shape index (κ3) is 4.55. The van der Waals surface area contributed by atoms with Crippen LogP contribution in [0.1, 0.15) is 41.5 Å². The van der Waals surface area contributed by atoms with Crippen LogP contribution >= 0.6 is 34.8 Å². The SMILES string of the molecule is CC(C)(C)N(NC(=O)c1ccc(Cl)c(Cl)c1Cl)C(=O)c1ccccc1[N+](=O)[O-]. The van der Waals surface area contributed by atoms with Gasteiger partial charge < -0.3 is 0 Å². The number of nitro groups is 1. The number of hydrogen-bond donors (Lipinski definition) is 1. The summed E-state index contributed by atoms with van der Waals surface area (Å²) in [5.41, 5.74) is 1.02. The quantitative estimate of drug-likeness (QED) is 0.403. The molecule has 148 valence electrons. The summed E-state index contributed by atoms with van der Waals surface area (Å²) in [6.07, 6.45) is 0. The first-order chi connectivity index (χ1) is 12.9. The zero-order chi connectivity index (χ0) is 21.2. The number of halogens is 3. The van der Waals surface area contributed by atoms with Crippen LogP contribution in [0.3, 0.4) is 0 Å². The summed E-state index contributed by atoms with van der Waals surface area (Å²) in [5.74, 6) is -1.46. The number of nitrogens with one attached hydrogen (secondary N) is 1. The Morgan fingerprint density at radius 2 is 1.61 bits per heavy atom. The first-order valence-corrected chi connectivity index (χ1v) is 9.11. The first-order valence-electron chi connectivity index (χ1n) is 7.97. The minimum absolute atomic E-state index is 0.000628. The molecule has 0 heterocycles. The molecule has 0 fully saturated rings. The molecule has 28 heavy (non-hydrogen) atoms. The number of rotatable bonds is 3. The van der Waals surface area contributed by atoms with E-state index in [1.807, 2.05) is 0 Å². The van der Waals surface area contributed by atoms with Crippen molar-refractivity contribution in [2.24, 2.45) is 0 Å². The zero-order valence-corrected chi connectivity index (χ0v) is 17.4. The summed E-state index contributed by atoms with van der Waals surface area (Å²) in [6, 6.07) is 8.24. The van der Waals surface area contributed by atoms with Crippen molar-refractivity contribution in [3.8, 4) is 0 Å². The Labute approximate surface area is 176 Å². The fourth-order valence-electron chi connectivity index (χ4n) is 2.32. The van der Waals surface area contributed by atoms with E-state index in [9.17, 15) is 19.7 Å². The molecule has 0 aliphatic rings. The molecule has 0 unspecified atom stereocenters. The standard InChI is InChI=1S/C18H16Cl3N3O4/c1-18(2,3)23(17(26)10-6-4-5-7-13(10)24(27)28)22-16(25)11-8-9-12(19)15(21)14(11)20/h4-9H,1-3H3,(H,22,25). The van der Waals surface area contributed by atoms with Gasteiger partial charge in [0.1, 0.15) is 5.56 Å². The van der Waals surface area contributed by atoms with Crippen molar-refractivity contribution in [2.45, 2.75) is 26.3 Å². The van der Waals surface area contributed by atoms with Gasteiger partial charge in [-0.25, -0.2) is 5.01 Å². The third-order valence-corrected chi connectivity index (χ3v) is 4.99. The highest BCUT2D eigenvalue weighted by atomic mass is 35.5. The number of nitrogens with zero attached hydrogens (tertiary/aromatic N) is 2. The fourth-order valence-corrected chi connectivity index (χ4v) is 2.94. The topological polar surface area (TPSA) is 92.6 Å². The molecule has 2 amide bonds. The van der Waals surface area contributed by atoms with Gasteiger partial charge >= 0.3 is 0 Å². The van der Waals surface area contributed by atoms with Gasteiger partial charge in [0, 0.05) is 6.07 Å². The summed E-state index contributed by atoms with van der Waals surface area (Å²) in [7, 11) is 0. The second kappa shape index (κ2) is 8.34. The minimum Gasteiger partial charge on any atom is -0.267 e. The van der Waals surface area contributed by atoms with Crippen molar-refractivity contribution in [1.82, 2.24) is 10.4 Å². The molecular weight excluding hydrogens is 429 g/mol. The molecule has 10 heteroatoms. The maximum absolute atomic E-state index is 13.0. The molecule has 2 aromatic carbocycles. The van der Waals surface area contributed by atoms with Crippen LogP contribution in [-0.4, -0.2) is 27.3 Å². The minimum atomic E-state index is -0.904. The maximum atomic E-state index is 13.0. The van der Waals surface area contributed by atoms with Crippen molar-refractivity contribution in [1.29, 1.82) is 0 Å². The summed E-state index contributed by atoms with van der Waals surface area (Å²) in [5, 5.41) is 12.4. The summed E-state index contributed by atoms with van der Waals surface area (Å²) in [4.78, 5) is 36.3. The molecular formula is C18H16Cl3N3O4. The van der Waals surface area contributed by atoms with Crippen molar-refractivity contribution in [3.63, 3.8) is 0 Å². The normalized spacial score (nSPS) is 11.1. The number of carbonyl (C=O) groups is 2. The second-order valence-electron chi connectivity index (χ2n) is 6.75. The Kier molecular flexibility index (Phi) is 6.54. The van der Waals surface area contributed by atoms with Crippen molar-refractivity contribution in [2.75, 3.05) is 0 Å². The van der Waals surface area contributed by atoms with Crippen molar-refractivity contribution >= 4 is 52.3 Å². The number of amides is 2. The van der Waals surface area contributed by atoms with Crippen LogP contribution in [-0.2, 0) is 0 Å². The Bertz CT molecular complexity index is 958. The van der Waals surface area contributed by atoms with E-state index in [0.717, 1.165) is 5.01 Å². The molecule has 0 spiro atoms. The number of hydrazine groups is 1. The van der Waals surface area contributed by atoms with Crippen LogP contribution in [0.25, 0.3) is 0 Å². The molecule has 0 saturated heterocycles. The molecule has 1 N–H and O–H groups in total. The summed E-state index contributed by atoms with van der Waals surface area (Å²) in [6.45, 7) is 4.99. The monoisotopic (exact) mass is 443 g/mol. The highest BCUT2D eigenvalue weighted by Crippen LogP contribution is 2.33. The van der Waals surface area contributed by atoms with Crippen LogP contribution in [0.5, 0.6) is 0 Å². The van der Waals surface area contributed by atoms with Gasteiger partial charge in [-0.05, 0) is 39.0 Å². The van der Waals surface area contributed by atoms with E-state index < -0.39 is 22.3 Å². The van der Waals surface area contributed by atoms with Crippen LogP contribution < -0.4 is 5.43 Å². The van der Waals surface area contributed by atoms with Crippen LogP contribution in [0.15, 0.2) is 36.4 Å². The number of carbonyl (C=O) groups excluding carboxylic acids is 2. The zero-order valence-electron chi connectivity index (χ0n) is 15.1. The third-order valence-electron chi connectivity index (χ3n) is 3.70. The van der Waals surface area contributed by atoms with E-state index in [1.54, 1.807) is 20.8 Å². The highest BCUT2D eigenvalue weighted by Gasteiger charge is 2.33. The molecule has 0 bridgehead atoms. The number of nitro benzene ring substituents is 1. The first kappa shape index (κ1) is 21.9. The molecule has 0 aliphatic heterocycles. The fraction of sp³-hybridized carbons (Fsp3) is 0.222. The molecule has 0 atom stereocenters. The highest BCUT2D eigenvalue weighted by molar-refractivity contribution is 6.49. The summed E-state index contributed by atoms with van der Waals surface area (Å²) < 4.78 is 0. The van der Waals surface area contributed by atoms with Gasteiger partial charge in [-0.15, -0.1) is 0 Å². The van der Waals surface area contributed by atoms with Gasteiger partial charge in [0.25, 0.3) is 17.5 Å². The maximum Gasteiger partial charge on any atom is 0.282 e. The molecule has 2 rings (SSSR count). The van der Waals surface area contributed by atoms with Gasteiger partial charge in [0.05, 0.1) is 31.1 Å². The van der Waals surface area contributed by atoms with Gasteiger partial charge in [-0.2, -0.15) is 0 Å². The van der Waals surface area contributed by atoms with Gasteiger partial charge in [-0.1, -0.05) is 46.9 Å². The Hall–Kier alpha value is -2.35. The lowest BCUT2D eigenvalue weighted by atomic mass is 10.1. The van der Waals surface area contributed by atoms with E-state index in [2.05, 4.69) is 5.43 Å². The average Bonchev–Trinajstić information content (AvgIpc) is 2.62. The number of para-hydroxylation sites is 1. The summed E-state index contributed by atoms with van der Waals surface area (Å²) >= 11 is 17.9. The Balaban J connectivity index is 2.44.